The highest BCUT2D eigenvalue weighted by Gasteiger charge is 2.38. The lowest BCUT2D eigenvalue weighted by Gasteiger charge is -2.21. The van der Waals surface area contributed by atoms with Crippen molar-refractivity contribution in [3.63, 3.8) is 0 Å². The number of aromatic nitrogens is 1. The van der Waals surface area contributed by atoms with E-state index in [-0.39, 0.29) is 30.5 Å². The molecule has 6 nitrogen and oxygen atoms in total. The first kappa shape index (κ1) is 26.6. The molecule has 188 valence electrons. The molecule has 10 heteroatoms. The second kappa shape index (κ2) is 10.3. The first-order chi connectivity index (χ1) is 16.3. The molecular formula is C25H25BrF3NO5. The first-order valence-electron chi connectivity index (χ1n) is 10.8. The number of rotatable bonds is 6. The van der Waals surface area contributed by atoms with Gasteiger partial charge in [0.05, 0.1) is 18.5 Å². The largest absolute Gasteiger partial charge is 0.489 e. The number of nitrogens with zero attached hydrogens (tertiary/aromatic N) is 1. The van der Waals surface area contributed by atoms with Gasteiger partial charge in [-0.3, -0.25) is 4.79 Å². The number of alkyl halides is 3. The standard InChI is InChI=1S/C25H25BrF3NO5/c1-5-33-22(31)12-16-8-6-7-9-20(16)34-14-15-10-18(26)17-13-21(25(27,28)29)30(19(17)11-15)23(32)35-24(2,3)4/h6-11,13H,5,12,14H2,1-4H3. The summed E-state index contributed by atoms with van der Waals surface area (Å²) in [5.74, 6) is 0.0397. The molecule has 1 heterocycles. The Hall–Kier alpha value is -3.01. The first-order valence-corrected chi connectivity index (χ1v) is 11.6. The van der Waals surface area contributed by atoms with Crippen molar-refractivity contribution in [3.05, 3.63) is 63.8 Å². The van der Waals surface area contributed by atoms with E-state index in [4.69, 9.17) is 14.2 Å². The minimum atomic E-state index is -4.78. The van der Waals surface area contributed by atoms with Crippen LogP contribution in [0, 0.1) is 0 Å². The van der Waals surface area contributed by atoms with Crippen LogP contribution in [0.25, 0.3) is 10.9 Å². The van der Waals surface area contributed by atoms with E-state index in [2.05, 4.69) is 15.9 Å². The number of benzene rings is 2. The summed E-state index contributed by atoms with van der Waals surface area (Å²) in [7, 11) is 0. The van der Waals surface area contributed by atoms with Crippen molar-refractivity contribution in [1.29, 1.82) is 0 Å². The minimum absolute atomic E-state index is 0.0170. The Labute approximate surface area is 209 Å². The maximum Gasteiger partial charge on any atom is 0.432 e. The second-order valence-corrected chi connectivity index (χ2v) is 9.59. The molecule has 3 rings (SSSR count). The summed E-state index contributed by atoms with van der Waals surface area (Å²) in [5.41, 5.74) is -0.980. The van der Waals surface area contributed by atoms with Gasteiger partial charge in [0.25, 0.3) is 0 Å². The molecule has 0 aliphatic heterocycles. The zero-order valence-corrected chi connectivity index (χ0v) is 21.2. The molecule has 3 aromatic rings. The monoisotopic (exact) mass is 555 g/mol. The molecule has 35 heavy (non-hydrogen) atoms. The van der Waals surface area contributed by atoms with Gasteiger partial charge in [-0.2, -0.15) is 13.2 Å². The van der Waals surface area contributed by atoms with Crippen molar-refractivity contribution < 1.29 is 37.0 Å². The zero-order chi connectivity index (χ0) is 26.0. The summed E-state index contributed by atoms with van der Waals surface area (Å²) in [4.78, 5) is 24.6. The van der Waals surface area contributed by atoms with Crippen LogP contribution in [0.1, 0.15) is 44.5 Å². The highest BCUT2D eigenvalue weighted by atomic mass is 79.9. The zero-order valence-electron chi connectivity index (χ0n) is 19.7. The van der Waals surface area contributed by atoms with Crippen molar-refractivity contribution in [1.82, 2.24) is 4.57 Å². The minimum Gasteiger partial charge on any atom is -0.489 e. The van der Waals surface area contributed by atoms with E-state index >= 15 is 0 Å². The van der Waals surface area contributed by atoms with Crippen LogP contribution in [0.4, 0.5) is 18.0 Å². The summed E-state index contributed by atoms with van der Waals surface area (Å²) in [5, 5.41) is 0.203. The molecule has 0 saturated carbocycles. The summed E-state index contributed by atoms with van der Waals surface area (Å²) < 4.78 is 58.3. The van der Waals surface area contributed by atoms with Crippen LogP contribution in [0.2, 0.25) is 0 Å². The van der Waals surface area contributed by atoms with Gasteiger partial charge in [0.15, 0.2) is 0 Å². The molecular weight excluding hydrogens is 531 g/mol. The Balaban J connectivity index is 1.98. The Morgan fingerprint density at radius 3 is 2.37 bits per heavy atom. The molecule has 0 atom stereocenters. The summed E-state index contributed by atoms with van der Waals surface area (Å²) in [6.45, 7) is 6.68. The number of carbonyl (C=O) groups is 2. The van der Waals surface area contributed by atoms with E-state index in [1.54, 1.807) is 58.0 Å². The van der Waals surface area contributed by atoms with E-state index in [0.717, 1.165) is 6.07 Å². The molecule has 0 radical (unpaired) electrons. The third kappa shape index (κ3) is 6.56. The van der Waals surface area contributed by atoms with Gasteiger partial charge in [-0.25, -0.2) is 9.36 Å². The fraction of sp³-hybridized carbons (Fsp3) is 0.360. The number of esters is 1. The SMILES string of the molecule is CCOC(=O)Cc1ccccc1OCc1cc(Br)c2cc(C(F)(F)F)n(C(=O)OC(C)(C)C)c2c1. The molecule has 0 unspecified atom stereocenters. The number of carbonyl (C=O) groups excluding carboxylic acids is 2. The van der Waals surface area contributed by atoms with Crippen LogP contribution in [-0.2, 0) is 33.5 Å². The fourth-order valence-corrected chi connectivity index (χ4v) is 4.04. The maximum absolute atomic E-state index is 13.8. The predicted octanol–water partition coefficient (Wildman–Crippen LogP) is 6.89. The molecule has 0 spiro atoms. The summed E-state index contributed by atoms with van der Waals surface area (Å²) in [6, 6.07) is 10.9. The Kier molecular flexibility index (Phi) is 7.83. The number of hydrogen-bond donors (Lipinski definition) is 0. The van der Waals surface area contributed by atoms with Crippen LogP contribution in [0.3, 0.4) is 0 Å². The van der Waals surface area contributed by atoms with Crippen molar-refractivity contribution >= 4 is 38.9 Å². The number of para-hydroxylation sites is 1. The van der Waals surface area contributed by atoms with E-state index in [0.29, 0.717) is 25.9 Å². The van der Waals surface area contributed by atoms with E-state index in [1.165, 1.54) is 6.07 Å². The van der Waals surface area contributed by atoms with Crippen LogP contribution >= 0.6 is 15.9 Å². The lowest BCUT2D eigenvalue weighted by molar-refractivity contribution is -0.143. The van der Waals surface area contributed by atoms with E-state index in [1.807, 2.05) is 0 Å². The Morgan fingerprint density at radius 1 is 1.06 bits per heavy atom. The van der Waals surface area contributed by atoms with Gasteiger partial charge in [-0.15, -0.1) is 0 Å². The third-order valence-electron chi connectivity index (χ3n) is 4.80. The van der Waals surface area contributed by atoms with Gasteiger partial charge >= 0.3 is 18.2 Å². The van der Waals surface area contributed by atoms with Crippen molar-refractivity contribution in [2.75, 3.05) is 6.61 Å². The second-order valence-electron chi connectivity index (χ2n) is 8.73. The average Bonchev–Trinajstić information content (AvgIpc) is 3.13. The van der Waals surface area contributed by atoms with Crippen molar-refractivity contribution in [3.8, 4) is 5.75 Å². The third-order valence-corrected chi connectivity index (χ3v) is 5.46. The molecule has 0 saturated heterocycles. The molecule has 0 fully saturated rings. The van der Waals surface area contributed by atoms with Gasteiger partial charge in [-0.1, -0.05) is 34.1 Å². The number of halogens is 4. The molecule has 0 aliphatic carbocycles. The number of hydrogen-bond acceptors (Lipinski definition) is 5. The van der Waals surface area contributed by atoms with Crippen molar-refractivity contribution in [2.45, 2.75) is 52.5 Å². The fourth-order valence-electron chi connectivity index (χ4n) is 3.43. The number of ether oxygens (including phenoxy) is 3. The van der Waals surface area contributed by atoms with E-state index < -0.39 is 29.5 Å². The highest BCUT2D eigenvalue weighted by molar-refractivity contribution is 9.10. The van der Waals surface area contributed by atoms with E-state index in [9.17, 15) is 22.8 Å². The van der Waals surface area contributed by atoms with Crippen LogP contribution < -0.4 is 4.74 Å². The quantitative estimate of drug-likeness (QED) is 0.310. The lowest BCUT2D eigenvalue weighted by Crippen LogP contribution is -2.29. The van der Waals surface area contributed by atoms with Crippen LogP contribution in [0.5, 0.6) is 5.75 Å². The van der Waals surface area contributed by atoms with Gasteiger partial charge in [-0.05, 0) is 57.5 Å². The highest BCUT2D eigenvalue weighted by Crippen LogP contribution is 2.38. The van der Waals surface area contributed by atoms with Crippen LogP contribution in [-0.4, -0.2) is 28.8 Å². The molecule has 0 aliphatic rings. The smallest absolute Gasteiger partial charge is 0.432 e. The predicted molar refractivity (Wildman–Crippen MR) is 127 cm³/mol. The lowest BCUT2D eigenvalue weighted by atomic mass is 10.1. The summed E-state index contributed by atoms with van der Waals surface area (Å²) in [6.07, 6.45) is -5.90. The normalized spacial score (nSPS) is 12.0. The topological polar surface area (TPSA) is 66.8 Å². The van der Waals surface area contributed by atoms with Gasteiger partial charge in [0.1, 0.15) is 23.7 Å². The maximum atomic E-state index is 13.8. The molecule has 0 amide bonds. The molecule has 1 aromatic heterocycles. The molecule has 2 aromatic carbocycles. The average molecular weight is 556 g/mol. The Bertz CT molecular complexity index is 1240. The van der Waals surface area contributed by atoms with Crippen molar-refractivity contribution in [2.24, 2.45) is 0 Å². The van der Waals surface area contributed by atoms with Gasteiger partial charge in [0, 0.05) is 15.4 Å². The Morgan fingerprint density at radius 2 is 1.74 bits per heavy atom. The van der Waals surface area contributed by atoms with Gasteiger partial charge < -0.3 is 14.2 Å². The van der Waals surface area contributed by atoms with Gasteiger partial charge in [0.2, 0.25) is 0 Å². The number of fused-ring (bicyclic) bond motifs is 1. The molecule has 0 bridgehead atoms. The van der Waals surface area contributed by atoms with Crippen LogP contribution in [0.15, 0.2) is 46.9 Å². The molecule has 0 N–H and O–H groups in total. The summed E-state index contributed by atoms with van der Waals surface area (Å²) >= 11 is 3.31.